The number of carbonyl (C=O) groups is 2. The number of thiophene rings is 1. The van der Waals surface area contributed by atoms with Gasteiger partial charge in [-0.05, 0) is 34.9 Å². The van der Waals surface area contributed by atoms with Crippen molar-refractivity contribution in [1.82, 2.24) is 10.2 Å². The van der Waals surface area contributed by atoms with Crippen LogP contribution in [0.5, 0.6) is 0 Å². The van der Waals surface area contributed by atoms with E-state index < -0.39 is 0 Å². The van der Waals surface area contributed by atoms with Gasteiger partial charge in [-0.15, -0.1) is 23.1 Å². The Morgan fingerprint density at radius 1 is 1.23 bits per heavy atom. The molecule has 6 heteroatoms. The van der Waals surface area contributed by atoms with Crippen molar-refractivity contribution >= 4 is 34.9 Å². The summed E-state index contributed by atoms with van der Waals surface area (Å²) in [7, 11) is 0. The first-order chi connectivity index (χ1) is 12.6. The lowest BCUT2D eigenvalue weighted by atomic mass is 9.95. The minimum atomic E-state index is -0.182. The summed E-state index contributed by atoms with van der Waals surface area (Å²) in [5.74, 6) is 1.51. The van der Waals surface area contributed by atoms with E-state index in [0.717, 1.165) is 16.9 Å². The predicted molar refractivity (Wildman–Crippen MR) is 108 cm³/mol. The molecule has 2 atom stereocenters. The zero-order valence-electron chi connectivity index (χ0n) is 15.1. The summed E-state index contributed by atoms with van der Waals surface area (Å²) in [4.78, 5) is 27.0. The molecule has 2 unspecified atom stereocenters. The molecule has 1 N–H and O–H groups in total. The van der Waals surface area contributed by atoms with Gasteiger partial charge in [-0.3, -0.25) is 9.59 Å². The third kappa shape index (κ3) is 4.48. The number of rotatable bonds is 7. The van der Waals surface area contributed by atoms with Gasteiger partial charge < -0.3 is 10.2 Å². The molecule has 0 spiro atoms. The van der Waals surface area contributed by atoms with Crippen molar-refractivity contribution in [3.8, 4) is 0 Å². The van der Waals surface area contributed by atoms with Crippen LogP contribution in [0, 0.1) is 0 Å². The van der Waals surface area contributed by atoms with E-state index in [9.17, 15) is 9.59 Å². The Balaban J connectivity index is 1.75. The Labute approximate surface area is 163 Å². The van der Waals surface area contributed by atoms with E-state index in [1.54, 1.807) is 28.0 Å². The van der Waals surface area contributed by atoms with Gasteiger partial charge in [-0.1, -0.05) is 44.2 Å². The van der Waals surface area contributed by atoms with Crippen molar-refractivity contribution in [3.05, 3.63) is 57.8 Å². The van der Waals surface area contributed by atoms with Crippen molar-refractivity contribution in [2.24, 2.45) is 0 Å². The quantitative estimate of drug-likeness (QED) is 0.780. The summed E-state index contributed by atoms with van der Waals surface area (Å²) in [6, 6.07) is 12.3. The summed E-state index contributed by atoms with van der Waals surface area (Å²) >= 11 is 3.18. The summed E-state index contributed by atoms with van der Waals surface area (Å²) in [5.41, 5.74) is 2.38. The van der Waals surface area contributed by atoms with Crippen molar-refractivity contribution in [2.75, 3.05) is 18.2 Å². The normalized spacial score (nSPS) is 16.5. The first kappa shape index (κ1) is 19.0. The SMILES string of the molecule is CCC(C)c1ccc(C(NC(=O)CN2CSCC2=O)c2cccs2)cc1. The van der Waals surface area contributed by atoms with Gasteiger partial charge in [-0.2, -0.15) is 0 Å². The highest BCUT2D eigenvalue weighted by molar-refractivity contribution is 8.00. The largest absolute Gasteiger partial charge is 0.343 e. The van der Waals surface area contributed by atoms with Crippen LogP contribution in [0.25, 0.3) is 0 Å². The van der Waals surface area contributed by atoms with E-state index in [1.165, 1.54) is 5.56 Å². The Hall–Kier alpha value is -1.79. The smallest absolute Gasteiger partial charge is 0.240 e. The second-order valence-electron chi connectivity index (χ2n) is 6.56. The number of amides is 2. The Morgan fingerprint density at radius 2 is 1.96 bits per heavy atom. The molecule has 2 heterocycles. The third-order valence-corrected chi connectivity index (χ3v) is 6.63. The van der Waals surface area contributed by atoms with Gasteiger partial charge >= 0.3 is 0 Å². The standard InChI is InChI=1S/C20H24N2O2S2/c1-3-14(2)15-6-8-16(9-7-15)20(17-5-4-10-26-17)21-18(23)11-22-13-25-12-19(22)24/h4-10,14,20H,3,11-13H2,1-2H3,(H,21,23). The van der Waals surface area contributed by atoms with Crippen LogP contribution in [0.3, 0.4) is 0 Å². The minimum absolute atomic E-state index is 0.0377. The molecule has 26 heavy (non-hydrogen) atoms. The van der Waals surface area contributed by atoms with Crippen LogP contribution in [-0.2, 0) is 9.59 Å². The lowest BCUT2D eigenvalue weighted by Crippen LogP contribution is -2.39. The van der Waals surface area contributed by atoms with E-state index in [0.29, 0.717) is 17.5 Å². The fraction of sp³-hybridized carbons (Fsp3) is 0.400. The van der Waals surface area contributed by atoms with Crippen LogP contribution in [-0.4, -0.2) is 34.9 Å². The van der Waals surface area contributed by atoms with Crippen LogP contribution in [0.4, 0.5) is 0 Å². The molecule has 0 aliphatic carbocycles. The molecule has 1 aromatic carbocycles. The first-order valence-corrected chi connectivity index (χ1v) is 10.9. The summed E-state index contributed by atoms with van der Waals surface area (Å²) < 4.78 is 0. The van der Waals surface area contributed by atoms with Gasteiger partial charge in [0.15, 0.2) is 0 Å². The van der Waals surface area contributed by atoms with Crippen LogP contribution in [0.2, 0.25) is 0 Å². The van der Waals surface area contributed by atoms with Crippen molar-refractivity contribution < 1.29 is 9.59 Å². The first-order valence-electron chi connectivity index (χ1n) is 8.86. The van der Waals surface area contributed by atoms with Crippen molar-refractivity contribution in [1.29, 1.82) is 0 Å². The number of benzene rings is 1. The molecule has 1 aliphatic heterocycles. The second-order valence-corrected chi connectivity index (χ2v) is 8.50. The highest BCUT2D eigenvalue weighted by Crippen LogP contribution is 2.28. The Morgan fingerprint density at radius 3 is 2.54 bits per heavy atom. The van der Waals surface area contributed by atoms with E-state index in [-0.39, 0.29) is 24.4 Å². The fourth-order valence-electron chi connectivity index (χ4n) is 2.95. The molecular formula is C20H24N2O2S2. The van der Waals surface area contributed by atoms with Crippen LogP contribution in [0.15, 0.2) is 41.8 Å². The number of nitrogens with zero attached hydrogens (tertiary/aromatic N) is 1. The minimum Gasteiger partial charge on any atom is -0.343 e. The van der Waals surface area contributed by atoms with Crippen molar-refractivity contribution in [2.45, 2.75) is 32.2 Å². The maximum Gasteiger partial charge on any atom is 0.240 e. The number of thioether (sulfide) groups is 1. The molecule has 1 aliphatic rings. The molecule has 2 aromatic rings. The number of hydrogen-bond donors (Lipinski definition) is 1. The van der Waals surface area contributed by atoms with Gasteiger partial charge in [0, 0.05) is 4.88 Å². The maximum atomic E-state index is 12.5. The molecule has 4 nitrogen and oxygen atoms in total. The summed E-state index contributed by atoms with van der Waals surface area (Å²) in [5, 5.41) is 5.13. The lowest BCUT2D eigenvalue weighted by Gasteiger charge is -2.21. The van der Waals surface area contributed by atoms with Gasteiger partial charge in [0.25, 0.3) is 0 Å². The molecule has 1 aromatic heterocycles. The Bertz CT molecular complexity index is 744. The van der Waals surface area contributed by atoms with Gasteiger partial charge in [0.05, 0.1) is 17.7 Å². The lowest BCUT2D eigenvalue weighted by molar-refractivity contribution is -0.132. The van der Waals surface area contributed by atoms with Gasteiger partial charge in [0.2, 0.25) is 11.8 Å². The number of hydrogen-bond acceptors (Lipinski definition) is 4. The average molecular weight is 389 g/mol. The van der Waals surface area contributed by atoms with Crippen LogP contribution >= 0.6 is 23.1 Å². The molecule has 3 rings (SSSR count). The van der Waals surface area contributed by atoms with Crippen LogP contribution in [0.1, 0.15) is 48.2 Å². The predicted octanol–water partition coefficient (Wildman–Crippen LogP) is 4.00. The second kappa shape index (κ2) is 8.73. The van der Waals surface area contributed by atoms with E-state index in [2.05, 4.69) is 43.4 Å². The molecular weight excluding hydrogens is 364 g/mol. The molecule has 0 bridgehead atoms. The molecule has 2 amide bonds. The molecule has 0 saturated carbocycles. The van der Waals surface area contributed by atoms with Crippen LogP contribution < -0.4 is 5.32 Å². The van der Waals surface area contributed by atoms with Gasteiger partial charge in [-0.25, -0.2) is 0 Å². The van der Waals surface area contributed by atoms with Gasteiger partial charge in [0.1, 0.15) is 6.54 Å². The fourth-order valence-corrected chi connectivity index (χ4v) is 4.65. The topological polar surface area (TPSA) is 49.4 Å². The third-order valence-electron chi connectivity index (χ3n) is 4.74. The zero-order chi connectivity index (χ0) is 18.5. The monoisotopic (exact) mass is 388 g/mol. The highest BCUT2D eigenvalue weighted by atomic mass is 32.2. The summed E-state index contributed by atoms with van der Waals surface area (Å²) in [6.45, 7) is 4.53. The molecule has 138 valence electrons. The van der Waals surface area contributed by atoms with E-state index >= 15 is 0 Å². The molecule has 0 radical (unpaired) electrons. The molecule has 1 fully saturated rings. The zero-order valence-corrected chi connectivity index (χ0v) is 16.7. The van der Waals surface area contributed by atoms with E-state index in [4.69, 9.17) is 0 Å². The Kier molecular flexibility index (Phi) is 6.38. The maximum absolute atomic E-state index is 12.5. The van der Waals surface area contributed by atoms with Crippen molar-refractivity contribution in [3.63, 3.8) is 0 Å². The summed E-state index contributed by atoms with van der Waals surface area (Å²) in [6.07, 6.45) is 1.10. The molecule has 1 saturated heterocycles. The highest BCUT2D eigenvalue weighted by Gasteiger charge is 2.25. The van der Waals surface area contributed by atoms with E-state index in [1.807, 2.05) is 17.5 Å². The number of carbonyl (C=O) groups excluding carboxylic acids is 2. The average Bonchev–Trinajstić information content (AvgIpc) is 3.32. The number of nitrogens with one attached hydrogen (secondary N) is 1.